The zero-order valence-electron chi connectivity index (χ0n) is 16.5. The van der Waals surface area contributed by atoms with Crippen LogP contribution in [0.1, 0.15) is 44.6 Å². The lowest BCUT2D eigenvalue weighted by atomic mass is 10.2. The number of nitrogens with one attached hydrogen (secondary N) is 2. The SMILES string of the molecule is CCNC(=NCc1ccc(N2CCCC2=O)cc1)NCCCN1CCCC1. The predicted octanol–water partition coefficient (Wildman–Crippen LogP) is 2.35. The first-order chi connectivity index (χ1) is 13.3. The molecule has 0 radical (unpaired) electrons. The molecule has 6 heteroatoms. The van der Waals surface area contributed by atoms with Crippen molar-refractivity contribution in [1.82, 2.24) is 15.5 Å². The van der Waals surface area contributed by atoms with Crippen molar-refractivity contribution in [1.29, 1.82) is 0 Å². The average molecular weight is 372 g/mol. The first-order valence-electron chi connectivity index (χ1n) is 10.4. The summed E-state index contributed by atoms with van der Waals surface area (Å²) >= 11 is 0. The molecule has 6 nitrogen and oxygen atoms in total. The van der Waals surface area contributed by atoms with Crippen molar-refractivity contribution in [2.24, 2.45) is 4.99 Å². The summed E-state index contributed by atoms with van der Waals surface area (Å²) in [5.74, 6) is 1.10. The maximum absolute atomic E-state index is 11.8. The molecule has 1 aromatic carbocycles. The number of anilines is 1. The number of benzene rings is 1. The lowest BCUT2D eigenvalue weighted by Gasteiger charge is -2.16. The van der Waals surface area contributed by atoms with E-state index in [9.17, 15) is 4.79 Å². The first-order valence-corrected chi connectivity index (χ1v) is 10.4. The van der Waals surface area contributed by atoms with Gasteiger partial charge in [-0.25, -0.2) is 4.99 Å². The molecule has 2 aliphatic rings. The molecule has 0 spiro atoms. The summed E-state index contributed by atoms with van der Waals surface area (Å²) in [6, 6.07) is 8.21. The van der Waals surface area contributed by atoms with E-state index < -0.39 is 0 Å². The van der Waals surface area contributed by atoms with Crippen molar-refractivity contribution in [3.8, 4) is 0 Å². The number of aliphatic imine (C=N–C) groups is 1. The summed E-state index contributed by atoms with van der Waals surface area (Å²) in [7, 11) is 0. The van der Waals surface area contributed by atoms with Crippen LogP contribution in [0.4, 0.5) is 5.69 Å². The fourth-order valence-electron chi connectivity index (χ4n) is 3.73. The van der Waals surface area contributed by atoms with Crippen LogP contribution in [0.15, 0.2) is 29.3 Å². The second kappa shape index (κ2) is 10.3. The van der Waals surface area contributed by atoms with E-state index in [0.29, 0.717) is 13.0 Å². The number of hydrogen-bond donors (Lipinski definition) is 2. The largest absolute Gasteiger partial charge is 0.357 e. The van der Waals surface area contributed by atoms with Gasteiger partial charge in [-0.1, -0.05) is 12.1 Å². The molecule has 0 aromatic heterocycles. The van der Waals surface area contributed by atoms with Crippen molar-refractivity contribution in [3.63, 3.8) is 0 Å². The van der Waals surface area contributed by atoms with Crippen LogP contribution in [-0.2, 0) is 11.3 Å². The minimum atomic E-state index is 0.230. The van der Waals surface area contributed by atoms with E-state index in [-0.39, 0.29) is 5.91 Å². The molecule has 2 saturated heterocycles. The van der Waals surface area contributed by atoms with Gasteiger partial charge in [0.05, 0.1) is 6.54 Å². The van der Waals surface area contributed by atoms with E-state index in [4.69, 9.17) is 4.99 Å². The topological polar surface area (TPSA) is 60.0 Å². The number of nitrogens with zero attached hydrogens (tertiary/aromatic N) is 3. The van der Waals surface area contributed by atoms with Crippen molar-refractivity contribution >= 4 is 17.6 Å². The summed E-state index contributed by atoms with van der Waals surface area (Å²) in [4.78, 5) is 20.9. The molecule has 2 aliphatic heterocycles. The van der Waals surface area contributed by atoms with E-state index in [1.165, 1.54) is 32.5 Å². The summed E-state index contributed by atoms with van der Waals surface area (Å²) in [6.45, 7) is 9.04. The molecule has 1 amide bonds. The summed E-state index contributed by atoms with van der Waals surface area (Å²) in [6.07, 6.45) is 5.47. The fraction of sp³-hybridized carbons (Fsp3) is 0.619. The third-order valence-corrected chi connectivity index (χ3v) is 5.23. The van der Waals surface area contributed by atoms with E-state index in [2.05, 4.69) is 34.6 Å². The smallest absolute Gasteiger partial charge is 0.227 e. The Morgan fingerprint density at radius 2 is 1.85 bits per heavy atom. The minimum absolute atomic E-state index is 0.230. The molecule has 2 N–H and O–H groups in total. The molecule has 0 bridgehead atoms. The van der Waals surface area contributed by atoms with Crippen LogP contribution in [0.5, 0.6) is 0 Å². The van der Waals surface area contributed by atoms with Crippen molar-refractivity contribution < 1.29 is 4.79 Å². The molecule has 2 heterocycles. The second-order valence-corrected chi connectivity index (χ2v) is 7.34. The maximum atomic E-state index is 11.8. The monoisotopic (exact) mass is 371 g/mol. The van der Waals surface area contributed by atoms with Gasteiger partial charge in [0.1, 0.15) is 0 Å². The predicted molar refractivity (Wildman–Crippen MR) is 111 cm³/mol. The number of guanidine groups is 1. The Morgan fingerprint density at radius 1 is 1.07 bits per heavy atom. The molecule has 2 fully saturated rings. The molecule has 0 aliphatic carbocycles. The number of likely N-dealkylation sites (tertiary alicyclic amines) is 1. The lowest BCUT2D eigenvalue weighted by molar-refractivity contribution is -0.117. The van der Waals surface area contributed by atoms with Gasteiger partial charge in [-0.3, -0.25) is 4.79 Å². The number of carbonyl (C=O) groups is 1. The van der Waals surface area contributed by atoms with Crippen LogP contribution in [0.3, 0.4) is 0 Å². The number of carbonyl (C=O) groups excluding carboxylic acids is 1. The van der Waals surface area contributed by atoms with Crippen molar-refractivity contribution in [2.75, 3.05) is 44.2 Å². The Morgan fingerprint density at radius 3 is 2.52 bits per heavy atom. The van der Waals surface area contributed by atoms with Crippen molar-refractivity contribution in [3.05, 3.63) is 29.8 Å². The van der Waals surface area contributed by atoms with Gasteiger partial charge < -0.3 is 20.4 Å². The highest BCUT2D eigenvalue weighted by molar-refractivity contribution is 5.95. The van der Waals surface area contributed by atoms with Gasteiger partial charge in [0.15, 0.2) is 5.96 Å². The van der Waals surface area contributed by atoms with Gasteiger partial charge >= 0.3 is 0 Å². The van der Waals surface area contributed by atoms with Crippen molar-refractivity contribution in [2.45, 2.75) is 45.6 Å². The Labute approximate surface area is 163 Å². The number of rotatable bonds is 8. The Hall–Kier alpha value is -2.08. The fourth-order valence-corrected chi connectivity index (χ4v) is 3.73. The van der Waals surface area contributed by atoms with Gasteiger partial charge in [-0.2, -0.15) is 0 Å². The highest BCUT2D eigenvalue weighted by Gasteiger charge is 2.21. The molecular formula is C21H33N5O. The zero-order valence-corrected chi connectivity index (χ0v) is 16.5. The third kappa shape index (κ3) is 5.96. The summed E-state index contributed by atoms with van der Waals surface area (Å²) in [5.41, 5.74) is 2.15. The molecule has 0 saturated carbocycles. The lowest BCUT2D eigenvalue weighted by Crippen LogP contribution is -2.38. The van der Waals surface area contributed by atoms with Crippen LogP contribution in [0, 0.1) is 0 Å². The highest BCUT2D eigenvalue weighted by atomic mass is 16.2. The van der Waals surface area contributed by atoms with Crippen LogP contribution < -0.4 is 15.5 Å². The molecule has 0 atom stereocenters. The molecular weight excluding hydrogens is 338 g/mol. The Kier molecular flexibility index (Phi) is 7.51. The number of hydrogen-bond acceptors (Lipinski definition) is 3. The van der Waals surface area contributed by atoms with E-state index in [1.807, 2.05) is 17.0 Å². The summed E-state index contributed by atoms with van der Waals surface area (Å²) in [5, 5.41) is 6.75. The van der Waals surface area contributed by atoms with Crippen LogP contribution in [0.2, 0.25) is 0 Å². The van der Waals surface area contributed by atoms with Crippen LogP contribution >= 0.6 is 0 Å². The number of amides is 1. The summed E-state index contributed by atoms with van der Waals surface area (Å²) < 4.78 is 0. The van der Waals surface area contributed by atoms with Gasteiger partial charge in [-0.15, -0.1) is 0 Å². The average Bonchev–Trinajstić information content (AvgIpc) is 3.35. The minimum Gasteiger partial charge on any atom is -0.357 e. The van der Waals surface area contributed by atoms with Gasteiger partial charge in [0.2, 0.25) is 5.91 Å². The van der Waals surface area contributed by atoms with Gasteiger partial charge in [-0.05, 0) is 69.9 Å². The standard InChI is InChI=1S/C21H33N5O/c1-2-22-21(23-12-6-15-25-13-3-4-14-25)24-17-18-8-10-19(11-9-18)26-16-5-7-20(26)27/h8-11H,2-7,12-17H2,1H3,(H2,22,23,24). The maximum Gasteiger partial charge on any atom is 0.227 e. The highest BCUT2D eigenvalue weighted by Crippen LogP contribution is 2.21. The quantitative estimate of drug-likeness (QED) is 0.418. The van der Waals surface area contributed by atoms with E-state index >= 15 is 0 Å². The van der Waals surface area contributed by atoms with Crippen LogP contribution in [0.25, 0.3) is 0 Å². The third-order valence-electron chi connectivity index (χ3n) is 5.23. The molecule has 27 heavy (non-hydrogen) atoms. The molecule has 3 rings (SSSR count). The van der Waals surface area contributed by atoms with Crippen LogP contribution in [-0.4, -0.2) is 56.0 Å². The van der Waals surface area contributed by atoms with Gasteiger partial charge in [0, 0.05) is 31.7 Å². The molecule has 148 valence electrons. The second-order valence-electron chi connectivity index (χ2n) is 7.34. The zero-order chi connectivity index (χ0) is 18.9. The molecule has 0 unspecified atom stereocenters. The van der Waals surface area contributed by atoms with E-state index in [0.717, 1.165) is 49.7 Å². The first kappa shape index (κ1) is 19.7. The molecule has 1 aromatic rings. The normalized spacial score (nSPS) is 18.3. The Balaban J connectivity index is 1.46. The van der Waals surface area contributed by atoms with E-state index in [1.54, 1.807) is 0 Å². The van der Waals surface area contributed by atoms with Gasteiger partial charge in [0.25, 0.3) is 0 Å². The Bertz CT molecular complexity index is 622.